The van der Waals surface area contributed by atoms with Crippen molar-refractivity contribution in [1.82, 2.24) is 0 Å². The Morgan fingerprint density at radius 1 is 0.667 bits per heavy atom. The highest BCUT2D eigenvalue weighted by atomic mass is 32.2. The van der Waals surface area contributed by atoms with E-state index in [9.17, 15) is 47.9 Å². The van der Waals surface area contributed by atoms with Crippen LogP contribution in [0.4, 0.5) is 39.5 Å². The quantitative estimate of drug-likeness (QED) is 0.189. The van der Waals surface area contributed by atoms with E-state index < -0.39 is 40.9 Å². The fraction of sp³-hybridized carbons (Fsp3) is 1.00. The molecule has 14 heteroatoms. The summed E-state index contributed by atoms with van der Waals surface area (Å²) in [6.45, 7) is 5.07. The van der Waals surface area contributed by atoms with Crippen molar-refractivity contribution in [2.24, 2.45) is 0 Å². The van der Waals surface area contributed by atoms with Gasteiger partial charge in [0.2, 0.25) is 0 Å². The van der Waals surface area contributed by atoms with Gasteiger partial charge in [-0.25, -0.2) is 0 Å². The van der Waals surface area contributed by atoms with Gasteiger partial charge in [0.25, 0.3) is 0 Å². The van der Waals surface area contributed by atoms with Crippen LogP contribution >= 0.6 is 7.49 Å². The summed E-state index contributed by atoms with van der Waals surface area (Å²) in [6, 6.07) is 0. The molecule has 0 bridgehead atoms. The summed E-state index contributed by atoms with van der Waals surface area (Å²) in [6.07, 6.45) is -4.98. The number of halogens is 9. The lowest BCUT2D eigenvalue weighted by Crippen LogP contribution is -2.63. The smallest absolute Gasteiger partial charge is 0.191 e. The van der Waals surface area contributed by atoms with Gasteiger partial charge >= 0.3 is 33.4 Å². The van der Waals surface area contributed by atoms with Crippen LogP contribution in [0.25, 0.3) is 0 Å². The molecule has 30 heavy (non-hydrogen) atoms. The summed E-state index contributed by atoms with van der Waals surface area (Å²) in [5.41, 5.74) is 0. The van der Waals surface area contributed by atoms with Gasteiger partial charge in [0.1, 0.15) is 0 Å². The predicted octanol–water partition coefficient (Wildman–Crippen LogP) is 7.09. The number of unbranched alkanes of at least 4 members (excludes halogenated alkanes) is 3. The molecular formula is C16H27F9O3PS+. The Kier molecular flexibility index (Phi) is 10.4. The summed E-state index contributed by atoms with van der Waals surface area (Å²) >= 11 is 0. The first-order chi connectivity index (χ1) is 13.4. The SMILES string of the molecule is CCCC[P+](CCCC)(CCCC)OS(=O)(=O)C(F)(F)C(F)(F)C(F)(F)C(F)(F)F. The Bertz CT molecular complexity index is 615. The Labute approximate surface area is 171 Å². The van der Waals surface area contributed by atoms with Crippen LogP contribution in [0.1, 0.15) is 59.3 Å². The van der Waals surface area contributed by atoms with E-state index in [-0.39, 0.29) is 37.7 Å². The Hall–Kier alpha value is -0.290. The molecule has 0 saturated heterocycles. The fourth-order valence-corrected chi connectivity index (χ4v) is 9.28. The predicted molar refractivity (Wildman–Crippen MR) is 97.1 cm³/mol. The average Bonchev–Trinajstić information content (AvgIpc) is 2.61. The molecule has 0 rings (SSSR count). The van der Waals surface area contributed by atoms with Crippen LogP contribution in [0.2, 0.25) is 0 Å². The van der Waals surface area contributed by atoms with E-state index >= 15 is 0 Å². The van der Waals surface area contributed by atoms with E-state index in [1.165, 1.54) is 0 Å². The van der Waals surface area contributed by atoms with Crippen molar-refractivity contribution in [2.45, 2.75) is 82.6 Å². The number of hydrogen-bond donors (Lipinski definition) is 0. The van der Waals surface area contributed by atoms with Crippen molar-refractivity contribution in [3.63, 3.8) is 0 Å². The number of hydrogen-bond acceptors (Lipinski definition) is 3. The van der Waals surface area contributed by atoms with Crippen LogP contribution in [0, 0.1) is 0 Å². The molecule has 182 valence electrons. The molecule has 3 nitrogen and oxygen atoms in total. The van der Waals surface area contributed by atoms with Gasteiger partial charge in [0.05, 0.1) is 18.5 Å². The van der Waals surface area contributed by atoms with Crippen LogP contribution in [0.3, 0.4) is 0 Å². The van der Waals surface area contributed by atoms with Gasteiger partial charge in [-0.15, -0.1) is 3.97 Å². The van der Waals surface area contributed by atoms with E-state index in [2.05, 4.69) is 3.97 Å². The molecule has 0 fully saturated rings. The third-order valence-electron chi connectivity index (χ3n) is 4.44. The van der Waals surface area contributed by atoms with E-state index in [0.29, 0.717) is 19.3 Å². The second-order valence-electron chi connectivity index (χ2n) is 6.98. The van der Waals surface area contributed by atoms with Crippen molar-refractivity contribution in [2.75, 3.05) is 18.5 Å². The zero-order valence-corrected chi connectivity index (χ0v) is 18.6. The number of alkyl halides is 9. The van der Waals surface area contributed by atoms with Crippen molar-refractivity contribution >= 4 is 17.6 Å². The molecule has 0 atom stereocenters. The van der Waals surface area contributed by atoms with Gasteiger partial charge in [-0.2, -0.15) is 47.9 Å². The molecule has 0 saturated carbocycles. The van der Waals surface area contributed by atoms with Crippen LogP contribution in [-0.2, 0) is 14.1 Å². The van der Waals surface area contributed by atoms with Gasteiger partial charge in [-0.05, 0) is 19.3 Å². The Morgan fingerprint density at radius 2 is 1.00 bits per heavy atom. The molecule has 0 heterocycles. The van der Waals surface area contributed by atoms with E-state index in [1.54, 1.807) is 20.8 Å². The lowest BCUT2D eigenvalue weighted by atomic mass is 10.1. The standard InChI is InChI=1S/C16H27F9O3PS/c1-4-7-10-29(11-8-5-2,12-9-6-3)28-30(26,27)16(24,25)14(19,20)13(17,18)15(21,22)23/h4-12H2,1-3H3/q+1. The summed E-state index contributed by atoms with van der Waals surface area (Å²) in [5, 5.41) is -6.80. The molecule has 0 aliphatic rings. The van der Waals surface area contributed by atoms with Gasteiger partial charge in [0, 0.05) is 0 Å². The molecule has 0 aromatic carbocycles. The average molecular weight is 501 g/mol. The minimum atomic E-state index is -7.29. The molecule has 0 amide bonds. The summed E-state index contributed by atoms with van der Waals surface area (Å²) in [5.74, 6) is -14.6. The Balaban J connectivity index is 6.29. The van der Waals surface area contributed by atoms with Crippen molar-refractivity contribution in [3.8, 4) is 0 Å². The third-order valence-corrected chi connectivity index (χ3v) is 10.8. The van der Waals surface area contributed by atoms with Gasteiger partial charge in [-0.1, -0.05) is 40.0 Å². The van der Waals surface area contributed by atoms with Crippen molar-refractivity contribution in [3.05, 3.63) is 0 Å². The molecule has 0 aromatic rings. The van der Waals surface area contributed by atoms with Crippen LogP contribution in [0.5, 0.6) is 0 Å². The van der Waals surface area contributed by atoms with E-state index in [4.69, 9.17) is 0 Å². The molecule has 0 aliphatic carbocycles. The first-order valence-electron chi connectivity index (χ1n) is 9.41. The molecule has 0 aromatic heterocycles. The lowest BCUT2D eigenvalue weighted by molar-refractivity contribution is -0.382. The third kappa shape index (κ3) is 6.15. The second-order valence-corrected chi connectivity index (χ2v) is 12.5. The van der Waals surface area contributed by atoms with E-state index in [0.717, 1.165) is 0 Å². The lowest BCUT2D eigenvalue weighted by Gasteiger charge is -2.34. The van der Waals surface area contributed by atoms with Gasteiger partial charge in [-0.3, -0.25) is 0 Å². The molecule has 0 N–H and O–H groups in total. The maximum Gasteiger partial charge on any atom is 0.460 e. The molecule has 0 radical (unpaired) electrons. The molecule has 0 spiro atoms. The monoisotopic (exact) mass is 501 g/mol. The molecule has 0 unspecified atom stereocenters. The second kappa shape index (κ2) is 10.6. The highest BCUT2D eigenvalue weighted by Crippen LogP contribution is 2.65. The highest BCUT2D eigenvalue weighted by molar-refractivity contribution is 7.94. The van der Waals surface area contributed by atoms with Crippen LogP contribution < -0.4 is 0 Å². The van der Waals surface area contributed by atoms with E-state index in [1.807, 2.05) is 0 Å². The van der Waals surface area contributed by atoms with Crippen LogP contribution in [-0.4, -0.2) is 50.2 Å². The van der Waals surface area contributed by atoms with Crippen molar-refractivity contribution in [1.29, 1.82) is 0 Å². The van der Waals surface area contributed by atoms with Gasteiger partial charge < -0.3 is 0 Å². The molecule has 0 aliphatic heterocycles. The normalized spacial score (nSPS) is 14.9. The summed E-state index contributed by atoms with van der Waals surface area (Å²) < 4.78 is 147. The maximum absolute atomic E-state index is 14.1. The Morgan fingerprint density at radius 3 is 1.27 bits per heavy atom. The minimum absolute atomic E-state index is 0.0555. The minimum Gasteiger partial charge on any atom is -0.191 e. The fourth-order valence-electron chi connectivity index (χ4n) is 2.56. The van der Waals surface area contributed by atoms with Crippen LogP contribution in [0.15, 0.2) is 0 Å². The zero-order chi connectivity index (χ0) is 24.1. The maximum atomic E-state index is 14.1. The first kappa shape index (κ1) is 29.7. The first-order valence-corrected chi connectivity index (χ1v) is 13.1. The number of rotatable bonds is 14. The molecular weight excluding hydrogens is 474 g/mol. The largest absolute Gasteiger partial charge is 0.460 e. The highest BCUT2D eigenvalue weighted by Gasteiger charge is 2.86. The summed E-state index contributed by atoms with van der Waals surface area (Å²) in [4.78, 5) is 0. The zero-order valence-electron chi connectivity index (χ0n) is 16.8. The topological polar surface area (TPSA) is 43.4 Å². The summed E-state index contributed by atoms with van der Waals surface area (Å²) in [7, 11) is -10.2. The van der Waals surface area contributed by atoms with Crippen molar-refractivity contribution < 1.29 is 51.9 Å². The van der Waals surface area contributed by atoms with Gasteiger partial charge in [0.15, 0.2) is 7.49 Å².